The van der Waals surface area contributed by atoms with Crippen molar-refractivity contribution < 1.29 is 14.5 Å². The Bertz CT molecular complexity index is 624. The van der Waals surface area contributed by atoms with Crippen molar-refractivity contribution in [2.45, 2.75) is 45.2 Å². The molecule has 1 heterocycles. The highest BCUT2D eigenvalue weighted by Gasteiger charge is 2.36. The van der Waals surface area contributed by atoms with E-state index < -0.39 is 16.6 Å². The highest BCUT2D eigenvalue weighted by atomic mass is 35.5. The zero-order valence-electron chi connectivity index (χ0n) is 14.0. The number of nitro benzene ring substituents is 1. The lowest BCUT2D eigenvalue weighted by atomic mass is 9.98. The van der Waals surface area contributed by atoms with Gasteiger partial charge in [-0.3, -0.25) is 15.0 Å². The Morgan fingerprint density at radius 1 is 1.38 bits per heavy atom. The molecule has 2 rings (SSSR count). The number of nitrogens with zero attached hydrogens (tertiary/aromatic N) is 2. The number of benzene rings is 1. The van der Waals surface area contributed by atoms with Crippen molar-refractivity contribution in [3.63, 3.8) is 0 Å². The van der Waals surface area contributed by atoms with Crippen LogP contribution in [0, 0.1) is 10.1 Å². The van der Waals surface area contributed by atoms with Crippen LogP contribution in [0.1, 0.15) is 33.6 Å². The molecule has 1 aromatic rings. The number of halogens is 1. The van der Waals surface area contributed by atoms with Crippen LogP contribution in [-0.4, -0.2) is 40.6 Å². The smallest absolute Gasteiger partial charge is 0.403 e. The molecule has 1 aliphatic heterocycles. The lowest BCUT2D eigenvalue weighted by Gasteiger charge is -2.42. The van der Waals surface area contributed by atoms with E-state index in [0.29, 0.717) is 0 Å². The predicted octanol–water partition coefficient (Wildman–Crippen LogP) is 3.60. The highest BCUT2D eigenvalue weighted by molar-refractivity contribution is 6.30. The largest absolute Gasteiger partial charge is 0.416 e. The van der Waals surface area contributed by atoms with E-state index in [1.54, 1.807) is 4.90 Å². The average Bonchev–Trinajstić information content (AvgIpc) is 2.48. The zero-order valence-corrected chi connectivity index (χ0v) is 14.8. The summed E-state index contributed by atoms with van der Waals surface area (Å²) in [5.74, 6) is -0.0995. The summed E-state index contributed by atoms with van der Waals surface area (Å²) in [6.07, 6.45) is 1.05. The first-order chi connectivity index (χ1) is 11.2. The second kappa shape index (κ2) is 7.36. The van der Waals surface area contributed by atoms with E-state index in [2.05, 4.69) is 5.32 Å². The van der Waals surface area contributed by atoms with Gasteiger partial charge in [0.2, 0.25) is 5.75 Å². The van der Waals surface area contributed by atoms with Crippen molar-refractivity contribution in [2.75, 3.05) is 13.1 Å². The predicted molar refractivity (Wildman–Crippen MR) is 91.6 cm³/mol. The molecule has 0 unspecified atom stereocenters. The van der Waals surface area contributed by atoms with Crippen LogP contribution >= 0.6 is 11.6 Å². The summed E-state index contributed by atoms with van der Waals surface area (Å²) in [6, 6.07) is 4.02. The van der Waals surface area contributed by atoms with Gasteiger partial charge in [-0.15, -0.1) is 0 Å². The molecule has 1 saturated heterocycles. The van der Waals surface area contributed by atoms with Crippen LogP contribution in [0.15, 0.2) is 18.2 Å². The first-order valence-electron chi connectivity index (χ1n) is 7.86. The topological polar surface area (TPSA) is 84.7 Å². The molecule has 0 bridgehead atoms. The summed E-state index contributed by atoms with van der Waals surface area (Å²) in [4.78, 5) is 25.0. The molecule has 1 N–H and O–H groups in total. The first-order valence-corrected chi connectivity index (χ1v) is 8.24. The fraction of sp³-hybridized carbons (Fsp3) is 0.562. The number of amides is 1. The Labute approximate surface area is 146 Å². The third kappa shape index (κ3) is 4.36. The monoisotopic (exact) mass is 355 g/mol. The second-order valence-electron chi connectivity index (χ2n) is 6.76. The third-order valence-corrected chi connectivity index (χ3v) is 4.14. The van der Waals surface area contributed by atoms with Gasteiger partial charge in [0.15, 0.2) is 0 Å². The van der Waals surface area contributed by atoms with Gasteiger partial charge in [0.05, 0.1) is 4.92 Å². The number of carbonyl (C=O) groups excluding carboxylic acids is 1. The van der Waals surface area contributed by atoms with Crippen molar-refractivity contribution in [2.24, 2.45) is 0 Å². The summed E-state index contributed by atoms with van der Waals surface area (Å²) >= 11 is 5.79. The molecular weight excluding hydrogens is 334 g/mol. The molecule has 0 aliphatic carbocycles. The van der Waals surface area contributed by atoms with Gasteiger partial charge in [0, 0.05) is 22.7 Å². The summed E-state index contributed by atoms with van der Waals surface area (Å²) in [7, 11) is 0. The van der Waals surface area contributed by atoms with Gasteiger partial charge in [-0.1, -0.05) is 11.6 Å². The number of ether oxygens (including phenoxy) is 1. The van der Waals surface area contributed by atoms with Gasteiger partial charge in [-0.05, 0) is 58.8 Å². The number of nitro groups is 1. The number of hydrogen-bond donors (Lipinski definition) is 1. The minimum absolute atomic E-state index is 0.0325. The standard InChI is InChI=1S/C16H22ClN3O4/c1-16(2,3)19(12-6-8-18-9-7-12)15(21)24-14-5-4-11(17)10-13(14)20(22)23/h4-5,10,12,18H,6-9H2,1-3H3. The fourth-order valence-electron chi connectivity index (χ4n) is 2.90. The van der Waals surface area contributed by atoms with Gasteiger partial charge < -0.3 is 10.1 Å². The van der Waals surface area contributed by atoms with Gasteiger partial charge in [-0.2, -0.15) is 0 Å². The minimum atomic E-state index is -0.611. The highest BCUT2D eigenvalue weighted by Crippen LogP contribution is 2.32. The fourth-order valence-corrected chi connectivity index (χ4v) is 3.06. The van der Waals surface area contributed by atoms with Gasteiger partial charge in [-0.25, -0.2) is 4.79 Å². The normalized spacial score (nSPS) is 15.8. The van der Waals surface area contributed by atoms with Gasteiger partial charge >= 0.3 is 11.8 Å². The molecule has 1 aliphatic rings. The van der Waals surface area contributed by atoms with Crippen molar-refractivity contribution >= 4 is 23.4 Å². The lowest BCUT2D eigenvalue weighted by Crippen LogP contribution is -2.55. The summed E-state index contributed by atoms with van der Waals surface area (Å²) in [6.45, 7) is 7.42. The molecule has 1 amide bonds. The van der Waals surface area contributed by atoms with Crippen LogP contribution in [0.5, 0.6) is 5.75 Å². The summed E-state index contributed by atoms with van der Waals surface area (Å²) in [5, 5.41) is 14.6. The average molecular weight is 356 g/mol. The van der Waals surface area contributed by atoms with Crippen molar-refractivity contribution in [1.82, 2.24) is 10.2 Å². The molecule has 0 atom stereocenters. The zero-order chi connectivity index (χ0) is 17.9. The maximum atomic E-state index is 12.7. The number of nitrogens with one attached hydrogen (secondary N) is 1. The number of carbonyl (C=O) groups is 1. The van der Waals surface area contributed by atoms with E-state index in [4.69, 9.17) is 16.3 Å². The maximum Gasteiger partial charge on any atom is 0.416 e. The molecule has 1 aromatic carbocycles. The maximum absolute atomic E-state index is 12.7. The molecule has 24 heavy (non-hydrogen) atoms. The first kappa shape index (κ1) is 18.5. The Kier molecular flexibility index (Phi) is 5.66. The quantitative estimate of drug-likeness (QED) is 0.661. The Hall–Kier alpha value is -1.86. The van der Waals surface area contributed by atoms with E-state index in [1.807, 2.05) is 20.8 Å². The van der Waals surface area contributed by atoms with Crippen molar-refractivity contribution in [1.29, 1.82) is 0 Å². The van der Waals surface area contributed by atoms with E-state index in [-0.39, 0.29) is 22.5 Å². The van der Waals surface area contributed by atoms with Crippen LogP contribution in [0.2, 0.25) is 5.02 Å². The second-order valence-corrected chi connectivity index (χ2v) is 7.20. The van der Waals surface area contributed by atoms with Crippen molar-refractivity contribution in [3.8, 4) is 5.75 Å². The Balaban J connectivity index is 2.26. The molecule has 1 fully saturated rings. The minimum Gasteiger partial charge on any atom is -0.403 e. The molecule has 7 nitrogen and oxygen atoms in total. The van der Waals surface area contributed by atoms with Crippen LogP contribution in [-0.2, 0) is 0 Å². The van der Waals surface area contributed by atoms with Crippen LogP contribution in [0.25, 0.3) is 0 Å². The van der Waals surface area contributed by atoms with E-state index in [0.717, 1.165) is 25.9 Å². The van der Waals surface area contributed by atoms with Gasteiger partial charge in [0.25, 0.3) is 0 Å². The molecular formula is C16H22ClN3O4. The molecule has 0 saturated carbocycles. The molecule has 0 aromatic heterocycles. The van der Waals surface area contributed by atoms with Crippen LogP contribution in [0.3, 0.4) is 0 Å². The Morgan fingerprint density at radius 2 is 2.00 bits per heavy atom. The SMILES string of the molecule is CC(C)(C)N(C(=O)Oc1ccc(Cl)cc1[N+](=O)[O-])C1CCNCC1. The summed E-state index contributed by atoms with van der Waals surface area (Å²) in [5.41, 5.74) is -0.782. The van der Waals surface area contributed by atoms with Crippen LogP contribution in [0.4, 0.5) is 10.5 Å². The van der Waals surface area contributed by atoms with Crippen LogP contribution < -0.4 is 10.1 Å². The van der Waals surface area contributed by atoms with E-state index in [9.17, 15) is 14.9 Å². The van der Waals surface area contributed by atoms with Crippen molar-refractivity contribution in [3.05, 3.63) is 33.3 Å². The van der Waals surface area contributed by atoms with Gasteiger partial charge in [0.1, 0.15) is 0 Å². The lowest BCUT2D eigenvalue weighted by molar-refractivity contribution is -0.385. The third-order valence-electron chi connectivity index (χ3n) is 3.91. The Morgan fingerprint density at radius 3 is 2.54 bits per heavy atom. The summed E-state index contributed by atoms with van der Waals surface area (Å²) < 4.78 is 5.37. The van der Waals surface area contributed by atoms with E-state index in [1.165, 1.54) is 18.2 Å². The number of hydrogen-bond acceptors (Lipinski definition) is 5. The van der Waals surface area contributed by atoms with E-state index >= 15 is 0 Å². The number of piperidine rings is 1. The molecule has 132 valence electrons. The molecule has 0 radical (unpaired) electrons. The molecule has 8 heteroatoms. The molecule has 0 spiro atoms. The number of rotatable bonds is 3.